The van der Waals surface area contributed by atoms with Crippen LogP contribution < -0.4 is 16.2 Å². The SMILES string of the molecule is CC(C)(C)OC(=O)N(CCC(=O)Nc1ccc(CNCC(O[Si](C)(C)C(C)(C)C)c2ccc(O)c3[nH]c(=O)ccc23)cc1)CCc1cnc([C@](O)(c2ccccc2)C2CCCCC2)o1. The molecule has 2 atom stereocenters. The van der Waals surface area contributed by atoms with Crippen LogP contribution in [0, 0.1) is 5.92 Å². The van der Waals surface area contributed by atoms with Crippen molar-refractivity contribution in [3.8, 4) is 5.75 Å². The molecule has 13 nitrogen and oxygen atoms in total. The number of nitrogens with one attached hydrogen (secondary N) is 3. The number of aromatic hydroxyl groups is 1. The van der Waals surface area contributed by atoms with E-state index in [0.29, 0.717) is 36.5 Å². The van der Waals surface area contributed by atoms with Crippen LogP contribution in [0.25, 0.3) is 10.9 Å². The molecule has 1 aliphatic rings. The van der Waals surface area contributed by atoms with Crippen molar-refractivity contribution in [2.24, 2.45) is 5.92 Å². The summed E-state index contributed by atoms with van der Waals surface area (Å²) < 4.78 is 18.9. The predicted octanol–water partition coefficient (Wildman–Crippen LogP) is 9.70. The van der Waals surface area contributed by atoms with Gasteiger partial charge in [-0.25, -0.2) is 9.78 Å². The highest BCUT2D eigenvalue weighted by Crippen LogP contribution is 2.44. The molecule has 64 heavy (non-hydrogen) atoms. The van der Waals surface area contributed by atoms with Gasteiger partial charge >= 0.3 is 6.09 Å². The Kier molecular flexibility index (Phi) is 15.3. The zero-order chi connectivity index (χ0) is 46.3. The number of pyridine rings is 1. The van der Waals surface area contributed by atoms with Crippen molar-refractivity contribution in [3.63, 3.8) is 0 Å². The Bertz CT molecular complexity index is 2400. The summed E-state index contributed by atoms with van der Waals surface area (Å²) in [6.07, 6.45) is 6.05. The largest absolute Gasteiger partial charge is 0.506 e. The molecule has 1 unspecified atom stereocenters. The van der Waals surface area contributed by atoms with Gasteiger partial charge in [0.05, 0.1) is 17.8 Å². The maximum atomic E-state index is 13.4. The van der Waals surface area contributed by atoms with Crippen LogP contribution in [0.15, 0.2) is 94.3 Å². The van der Waals surface area contributed by atoms with E-state index in [9.17, 15) is 24.6 Å². The number of rotatable bonds is 17. The van der Waals surface area contributed by atoms with Crippen LogP contribution in [0.3, 0.4) is 0 Å². The minimum absolute atomic E-state index is 0.00334. The molecular weight excluding hydrogens is 827 g/mol. The van der Waals surface area contributed by atoms with Crippen LogP contribution in [-0.2, 0) is 32.5 Å². The second-order valence-electron chi connectivity index (χ2n) is 19.6. The molecule has 3 aromatic carbocycles. The molecule has 0 bridgehead atoms. The van der Waals surface area contributed by atoms with Crippen molar-refractivity contribution in [2.75, 3.05) is 25.0 Å². The fourth-order valence-electron chi connectivity index (χ4n) is 8.01. The topological polar surface area (TPSA) is 179 Å². The molecule has 6 rings (SSSR count). The van der Waals surface area contributed by atoms with Crippen molar-refractivity contribution in [3.05, 3.63) is 124 Å². The number of aromatic nitrogens is 2. The van der Waals surface area contributed by atoms with E-state index in [0.717, 1.165) is 54.2 Å². The first-order valence-electron chi connectivity index (χ1n) is 22.6. The maximum Gasteiger partial charge on any atom is 0.410 e. The highest BCUT2D eigenvalue weighted by molar-refractivity contribution is 6.74. The van der Waals surface area contributed by atoms with Crippen LogP contribution >= 0.6 is 0 Å². The number of anilines is 1. The minimum Gasteiger partial charge on any atom is -0.506 e. The average molecular weight is 894 g/mol. The number of carbonyl (C=O) groups excluding carboxylic acids is 2. The number of amides is 2. The van der Waals surface area contributed by atoms with Gasteiger partial charge < -0.3 is 44.3 Å². The number of hydrogen-bond donors (Lipinski definition) is 5. The number of phenols is 1. The van der Waals surface area contributed by atoms with Gasteiger partial charge in [0.2, 0.25) is 17.4 Å². The number of benzene rings is 3. The maximum absolute atomic E-state index is 13.4. The number of aromatic amines is 1. The van der Waals surface area contributed by atoms with Gasteiger partial charge in [-0.15, -0.1) is 0 Å². The lowest BCUT2D eigenvalue weighted by molar-refractivity contribution is -0.116. The van der Waals surface area contributed by atoms with E-state index in [1.54, 1.807) is 39.1 Å². The lowest BCUT2D eigenvalue weighted by Crippen LogP contribution is -2.43. The molecule has 1 fully saturated rings. The third-order valence-electron chi connectivity index (χ3n) is 12.6. The summed E-state index contributed by atoms with van der Waals surface area (Å²) in [5.41, 5.74) is 1.23. The summed E-state index contributed by atoms with van der Waals surface area (Å²) in [7, 11) is -2.25. The molecule has 2 heterocycles. The van der Waals surface area contributed by atoms with Gasteiger partial charge in [0.1, 0.15) is 17.1 Å². The van der Waals surface area contributed by atoms with Crippen LogP contribution in [0.5, 0.6) is 5.75 Å². The average Bonchev–Trinajstić information content (AvgIpc) is 3.73. The fraction of sp³-hybridized carbons (Fsp3) is 0.480. The minimum atomic E-state index is -2.25. The Morgan fingerprint density at radius 1 is 0.938 bits per heavy atom. The van der Waals surface area contributed by atoms with Gasteiger partial charge in [0.15, 0.2) is 13.9 Å². The normalized spacial score (nSPS) is 15.4. The van der Waals surface area contributed by atoms with Crippen molar-refractivity contribution < 1.29 is 33.4 Å². The molecule has 0 aliphatic heterocycles. The molecule has 5 aromatic rings. The summed E-state index contributed by atoms with van der Waals surface area (Å²) in [6.45, 7) is 17.7. The first-order valence-corrected chi connectivity index (χ1v) is 25.5. The molecular formula is C50H67N5O8Si. The number of ether oxygens (including phenoxy) is 1. The predicted molar refractivity (Wildman–Crippen MR) is 253 cm³/mol. The van der Waals surface area contributed by atoms with E-state index in [1.807, 2.05) is 60.7 Å². The van der Waals surface area contributed by atoms with Crippen LogP contribution in [-0.4, -0.2) is 70.6 Å². The highest BCUT2D eigenvalue weighted by atomic mass is 28.4. The van der Waals surface area contributed by atoms with E-state index in [2.05, 4.69) is 54.5 Å². The van der Waals surface area contributed by atoms with Crippen molar-refractivity contribution >= 4 is 36.9 Å². The molecule has 2 amide bonds. The molecule has 14 heteroatoms. The highest BCUT2D eigenvalue weighted by Gasteiger charge is 2.45. The van der Waals surface area contributed by atoms with E-state index >= 15 is 0 Å². The fourth-order valence-corrected chi connectivity index (χ4v) is 9.29. The number of carbonyl (C=O) groups is 2. The van der Waals surface area contributed by atoms with Gasteiger partial charge in [0, 0.05) is 62.1 Å². The molecule has 1 saturated carbocycles. The van der Waals surface area contributed by atoms with Crippen molar-refractivity contribution in [2.45, 2.75) is 128 Å². The van der Waals surface area contributed by atoms with Crippen LogP contribution in [0.4, 0.5) is 10.5 Å². The molecule has 344 valence electrons. The van der Waals surface area contributed by atoms with Gasteiger partial charge in [-0.1, -0.05) is 88.6 Å². The Hall–Kier alpha value is -5.28. The molecule has 5 N–H and O–H groups in total. The Morgan fingerprint density at radius 2 is 1.64 bits per heavy atom. The third kappa shape index (κ3) is 12.1. The second-order valence-corrected chi connectivity index (χ2v) is 24.4. The number of H-pyrrole nitrogens is 1. The Labute approximate surface area is 378 Å². The Morgan fingerprint density at radius 3 is 2.31 bits per heavy atom. The van der Waals surface area contributed by atoms with Gasteiger partial charge in [-0.3, -0.25) is 9.59 Å². The first-order chi connectivity index (χ1) is 30.2. The third-order valence-corrected chi connectivity index (χ3v) is 17.1. The number of phenolic OH excluding ortho intramolecular Hbond substituents is 1. The number of oxazole rings is 1. The smallest absolute Gasteiger partial charge is 0.410 e. The lowest BCUT2D eigenvalue weighted by Gasteiger charge is -2.39. The number of fused-ring (bicyclic) bond motifs is 1. The lowest BCUT2D eigenvalue weighted by atomic mass is 9.73. The molecule has 2 aromatic heterocycles. The summed E-state index contributed by atoms with van der Waals surface area (Å²) in [4.78, 5) is 47.7. The number of nitrogens with zero attached hydrogens (tertiary/aromatic N) is 2. The monoisotopic (exact) mass is 893 g/mol. The number of aliphatic hydroxyl groups is 1. The summed E-state index contributed by atoms with van der Waals surface area (Å²) in [5.74, 6) is 0.503. The van der Waals surface area contributed by atoms with Crippen LogP contribution in [0.1, 0.15) is 115 Å². The van der Waals surface area contributed by atoms with E-state index in [-0.39, 0.29) is 59.7 Å². The van der Waals surface area contributed by atoms with Crippen molar-refractivity contribution in [1.82, 2.24) is 20.2 Å². The van der Waals surface area contributed by atoms with Gasteiger partial charge in [0.25, 0.3) is 0 Å². The molecule has 0 saturated heterocycles. The first kappa shape index (κ1) is 48.2. The molecule has 0 spiro atoms. The van der Waals surface area contributed by atoms with Crippen LogP contribution in [0.2, 0.25) is 18.1 Å². The van der Waals surface area contributed by atoms with E-state index in [4.69, 9.17) is 13.6 Å². The standard InChI is InChI=1S/C50H67N5O8Si/c1-48(2,3)62-47(59)55(29-27-38-32-52-46(61-38)50(60,35-15-11-9-12-16-35)36-17-13-10-14-18-36)30-28-44(58)53-37-21-19-34(20-22-37)31-51-33-42(63-64(7,8)49(4,5)6)39-23-25-41(56)45-40(39)24-26-43(57)54-45/h9,11-12,15-16,19-26,32,36,42,51,56,60H,10,13-14,17-18,27-31,33H2,1-8H3,(H,53,58)(H,54,57)/t42?,50-/m0/s1. The Balaban J connectivity index is 1.06. The zero-order valence-corrected chi connectivity index (χ0v) is 39.8. The number of hydrogen-bond acceptors (Lipinski definition) is 10. The van der Waals surface area contributed by atoms with E-state index < -0.39 is 25.6 Å². The van der Waals surface area contributed by atoms with Gasteiger partial charge in [-0.2, -0.15) is 0 Å². The summed E-state index contributed by atoms with van der Waals surface area (Å²) in [5, 5.41) is 30.0. The van der Waals surface area contributed by atoms with Gasteiger partial charge in [-0.05, 0) is 92.7 Å². The van der Waals surface area contributed by atoms with E-state index in [1.165, 1.54) is 11.0 Å². The molecule has 1 aliphatic carbocycles. The molecule has 0 radical (unpaired) electrons. The summed E-state index contributed by atoms with van der Waals surface area (Å²) >= 11 is 0. The zero-order valence-electron chi connectivity index (χ0n) is 38.8. The summed E-state index contributed by atoms with van der Waals surface area (Å²) in [6, 6.07) is 23.8. The van der Waals surface area contributed by atoms with Crippen molar-refractivity contribution in [1.29, 1.82) is 0 Å². The second kappa shape index (κ2) is 20.3. The quantitative estimate of drug-likeness (QED) is 0.0565.